The molecule has 2 aromatic rings. The Morgan fingerprint density at radius 3 is 2.76 bits per heavy atom. The number of rotatable bonds is 3. The number of pyridine rings is 2. The van der Waals surface area contributed by atoms with Crippen LogP contribution in [0.25, 0.3) is 0 Å². The van der Waals surface area contributed by atoms with Gasteiger partial charge in [0.25, 0.3) is 0 Å². The van der Waals surface area contributed by atoms with Crippen LogP contribution in [0.3, 0.4) is 0 Å². The van der Waals surface area contributed by atoms with Crippen molar-refractivity contribution in [2.45, 2.75) is 23.0 Å². The Kier molecular flexibility index (Phi) is 4.15. The van der Waals surface area contributed by atoms with E-state index in [2.05, 4.69) is 25.9 Å². The molecule has 0 unspecified atom stereocenters. The fraction of sp³-hybridized carbons (Fsp3) is 0.167. The van der Waals surface area contributed by atoms with Crippen molar-refractivity contribution in [3.63, 3.8) is 0 Å². The van der Waals surface area contributed by atoms with E-state index in [1.807, 2.05) is 31.2 Å². The quantitative estimate of drug-likeness (QED) is 0.944. The van der Waals surface area contributed by atoms with Gasteiger partial charge in [-0.25, -0.2) is 9.97 Å². The van der Waals surface area contributed by atoms with Crippen molar-refractivity contribution in [2.75, 3.05) is 0 Å². The van der Waals surface area contributed by atoms with Crippen molar-refractivity contribution in [2.24, 2.45) is 5.73 Å². The van der Waals surface area contributed by atoms with Crippen molar-refractivity contribution in [1.29, 1.82) is 0 Å². The molecule has 1 atom stereocenters. The minimum atomic E-state index is -0.0263. The molecule has 0 aliphatic carbocycles. The normalized spacial score (nSPS) is 12.4. The van der Waals surface area contributed by atoms with Crippen LogP contribution in [0.5, 0.6) is 0 Å². The summed E-state index contributed by atoms with van der Waals surface area (Å²) in [5.74, 6) is 0. The molecule has 0 aliphatic rings. The van der Waals surface area contributed by atoms with Gasteiger partial charge in [0.1, 0.15) is 10.1 Å². The number of hydrogen-bond donors (Lipinski definition) is 1. The Morgan fingerprint density at radius 1 is 1.29 bits per heavy atom. The van der Waals surface area contributed by atoms with Gasteiger partial charge in [-0.2, -0.15) is 0 Å². The van der Waals surface area contributed by atoms with E-state index in [0.29, 0.717) is 0 Å². The molecule has 0 saturated carbocycles. The Hall–Kier alpha value is -0.910. The summed E-state index contributed by atoms with van der Waals surface area (Å²) in [5, 5.41) is 1.83. The summed E-state index contributed by atoms with van der Waals surface area (Å²) in [6.45, 7) is 1.95. The maximum absolute atomic E-state index is 5.91. The molecule has 17 heavy (non-hydrogen) atoms. The van der Waals surface area contributed by atoms with E-state index in [1.54, 1.807) is 12.4 Å². The third-order valence-electron chi connectivity index (χ3n) is 2.19. The van der Waals surface area contributed by atoms with E-state index in [1.165, 1.54) is 11.8 Å². The molecule has 0 aliphatic heterocycles. The maximum Gasteiger partial charge on any atom is 0.107 e. The molecule has 2 rings (SSSR count). The highest BCUT2D eigenvalue weighted by Crippen LogP contribution is 2.29. The molecular formula is C12H12BrN3S. The average molecular weight is 310 g/mol. The fourth-order valence-corrected chi connectivity index (χ4v) is 2.52. The first-order chi connectivity index (χ1) is 8.16. The number of halogens is 1. The third-order valence-corrected chi connectivity index (χ3v) is 3.65. The van der Waals surface area contributed by atoms with Crippen LogP contribution in [0.2, 0.25) is 0 Å². The first-order valence-corrected chi connectivity index (χ1v) is 6.77. The van der Waals surface area contributed by atoms with E-state index in [0.717, 1.165) is 20.1 Å². The van der Waals surface area contributed by atoms with Gasteiger partial charge >= 0.3 is 0 Å². The van der Waals surface area contributed by atoms with Gasteiger partial charge in [-0.3, -0.25) is 0 Å². The van der Waals surface area contributed by atoms with Crippen LogP contribution in [0.1, 0.15) is 18.5 Å². The Balaban J connectivity index is 2.26. The van der Waals surface area contributed by atoms with Crippen LogP contribution in [0.4, 0.5) is 0 Å². The summed E-state index contributed by atoms with van der Waals surface area (Å²) >= 11 is 4.89. The molecule has 0 radical (unpaired) electrons. The molecule has 2 N–H and O–H groups in total. The van der Waals surface area contributed by atoms with Crippen LogP contribution in [0, 0.1) is 0 Å². The fourth-order valence-electron chi connectivity index (χ4n) is 1.36. The summed E-state index contributed by atoms with van der Waals surface area (Å²) < 4.78 is 0.968. The lowest BCUT2D eigenvalue weighted by molar-refractivity contribution is 0.779. The Bertz CT molecular complexity index is 499. The highest BCUT2D eigenvalue weighted by Gasteiger charge is 2.09. The molecule has 0 aromatic carbocycles. The first-order valence-electron chi connectivity index (χ1n) is 5.16. The largest absolute Gasteiger partial charge is 0.324 e. The monoisotopic (exact) mass is 309 g/mol. The highest BCUT2D eigenvalue weighted by atomic mass is 79.9. The Morgan fingerprint density at radius 2 is 2.12 bits per heavy atom. The standard InChI is InChI=1S/C12H12BrN3S/c1-8(14)10-3-2-6-15-12(10)17-11-5-4-9(13)7-16-11/h2-8H,14H2,1H3/t8-/m0/s1. The van der Waals surface area contributed by atoms with Crippen molar-refractivity contribution < 1.29 is 0 Å². The number of nitrogens with zero attached hydrogens (tertiary/aromatic N) is 2. The molecule has 2 aromatic heterocycles. The van der Waals surface area contributed by atoms with Crippen molar-refractivity contribution >= 4 is 27.7 Å². The zero-order chi connectivity index (χ0) is 12.3. The van der Waals surface area contributed by atoms with Gasteiger partial charge in [0.05, 0.1) is 0 Å². The SMILES string of the molecule is C[C@H](N)c1cccnc1Sc1ccc(Br)cn1. The number of nitrogens with two attached hydrogens (primary N) is 1. The van der Waals surface area contributed by atoms with Crippen molar-refractivity contribution in [1.82, 2.24) is 9.97 Å². The van der Waals surface area contributed by atoms with Gasteiger partial charge in [-0.15, -0.1) is 0 Å². The van der Waals surface area contributed by atoms with Gasteiger partial charge in [0.15, 0.2) is 0 Å². The summed E-state index contributed by atoms with van der Waals surface area (Å²) in [6, 6.07) is 7.79. The second kappa shape index (κ2) is 5.62. The lowest BCUT2D eigenvalue weighted by Gasteiger charge is -2.10. The predicted molar refractivity (Wildman–Crippen MR) is 72.9 cm³/mol. The third kappa shape index (κ3) is 3.28. The first kappa shape index (κ1) is 12.5. The molecule has 2 heterocycles. The minimum Gasteiger partial charge on any atom is -0.324 e. The van der Waals surface area contributed by atoms with E-state index < -0.39 is 0 Å². The molecule has 0 saturated heterocycles. The molecule has 3 nitrogen and oxygen atoms in total. The van der Waals surface area contributed by atoms with E-state index >= 15 is 0 Å². The number of aromatic nitrogens is 2. The lowest BCUT2D eigenvalue weighted by atomic mass is 10.2. The molecule has 0 spiro atoms. The molecule has 0 fully saturated rings. The minimum absolute atomic E-state index is 0.0263. The summed E-state index contributed by atoms with van der Waals surface area (Å²) in [5.41, 5.74) is 6.95. The van der Waals surface area contributed by atoms with Crippen LogP contribution in [-0.2, 0) is 0 Å². The summed E-state index contributed by atoms with van der Waals surface area (Å²) in [6.07, 6.45) is 3.55. The average Bonchev–Trinajstić information content (AvgIpc) is 2.32. The van der Waals surface area contributed by atoms with Crippen LogP contribution in [0.15, 0.2) is 51.2 Å². The van der Waals surface area contributed by atoms with Crippen LogP contribution in [-0.4, -0.2) is 9.97 Å². The molecule has 5 heteroatoms. The topological polar surface area (TPSA) is 51.8 Å². The van der Waals surface area contributed by atoms with E-state index in [9.17, 15) is 0 Å². The van der Waals surface area contributed by atoms with Gasteiger partial charge < -0.3 is 5.73 Å². The van der Waals surface area contributed by atoms with Crippen LogP contribution >= 0.6 is 27.7 Å². The van der Waals surface area contributed by atoms with Crippen molar-refractivity contribution in [3.8, 4) is 0 Å². The number of hydrogen-bond acceptors (Lipinski definition) is 4. The zero-order valence-corrected chi connectivity index (χ0v) is 11.7. The molecule has 0 amide bonds. The predicted octanol–water partition coefficient (Wildman–Crippen LogP) is 3.41. The summed E-state index contributed by atoms with van der Waals surface area (Å²) in [7, 11) is 0. The van der Waals surface area contributed by atoms with E-state index in [4.69, 9.17) is 5.73 Å². The molecule has 0 bridgehead atoms. The van der Waals surface area contributed by atoms with Gasteiger partial charge in [-0.05, 0) is 52.8 Å². The van der Waals surface area contributed by atoms with Crippen LogP contribution < -0.4 is 5.73 Å². The van der Waals surface area contributed by atoms with Gasteiger partial charge in [0.2, 0.25) is 0 Å². The zero-order valence-electron chi connectivity index (χ0n) is 9.30. The van der Waals surface area contributed by atoms with Gasteiger partial charge in [0, 0.05) is 28.5 Å². The van der Waals surface area contributed by atoms with Crippen molar-refractivity contribution in [3.05, 3.63) is 46.7 Å². The summed E-state index contributed by atoms with van der Waals surface area (Å²) in [4.78, 5) is 8.66. The second-order valence-electron chi connectivity index (χ2n) is 3.60. The lowest BCUT2D eigenvalue weighted by Crippen LogP contribution is -2.07. The van der Waals surface area contributed by atoms with Gasteiger partial charge in [-0.1, -0.05) is 6.07 Å². The highest BCUT2D eigenvalue weighted by molar-refractivity contribution is 9.10. The smallest absolute Gasteiger partial charge is 0.107 e. The molecule has 88 valence electrons. The molecular weight excluding hydrogens is 298 g/mol. The second-order valence-corrected chi connectivity index (χ2v) is 5.53. The maximum atomic E-state index is 5.91. The Labute approximate surface area is 113 Å². The van der Waals surface area contributed by atoms with E-state index in [-0.39, 0.29) is 6.04 Å².